The Labute approximate surface area is 161 Å². The van der Waals surface area contributed by atoms with E-state index >= 15 is 0 Å². The van der Waals surface area contributed by atoms with Gasteiger partial charge in [-0.25, -0.2) is 0 Å². The van der Waals surface area contributed by atoms with E-state index in [1.165, 1.54) is 11.1 Å². The number of aromatic amines is 1. The first-order valence-corrected chi connectivity index (χ1v) is 10.1. The van der Waals surface area contributed by atoms with Crippen LogP contribution >= 0.6 is 0 Å². The molecule has 0 bridgehead atoms. The number of carbonyl (C=O) groups is 1. The molecule has 0 saturated carbocycles. The van der Waals surface area contributed by atoms with Crippen LogP contribution in [0.3, 0.4) is 0 Å². The number of likely N-dealkylation sites (tertiary alicyclic amines) is 2. The third kappa shape index (κ3) is 3.93. The average Bonchev–Trinajstić information content (AvgIpc) is 3.31. The summed E-state index contributed by atoms with van der Waals surface area (Å²) in [5.41, 5.74) is 2.66. The lowest BCUT2D eigenvalue weighted by atomic mass is 9.90. The largest absolute Gasteiger partial charge is 0.342 e. The fourth-order valence-corrected chi connectivity index (χ4v) is 4.73. The summed E-state index contributed by atoms with van der Waals surface area (Å²) in [6.07, 6.45) is 6.93. The Hall–Kier alpha value is -2.14. The number of aromatic nitrogens is 2. The van der Waals surface area contributed by atoms with E-state index in [4.69, 9.17) is 0 Å². The van der Waals surface area contributed by atoms with E-state index in [1.54, 1.807) is 0 Å². The van der Waals surface area contributed by atoms with Gasteiger partial charge in [0.05, 0.1) is 12.1 Å². The highest BCUT2D eigenvalue weighted by molar-refractivity contribution is 5.79. The number of hydrogen-bond donors (Lipinski definition) is 1. The summed E-state index contributed by atoms with van der Waals surface area (Å²) in [4.78, 5) is 17.7. The van der Waals surface area contributed by atoms with Crippen LogP contribution in [0.15, 0.2) is 42.7 Å². The van der Waals surface area contributed by atoms with E-state index in [2.05, 4.69) is 64.2 Å². The maximum Gasteiger partial charge on any atom is 0.227 e. The van der Waals surface area contributed by atoms with Crippen molar-refractivity contribution in [2.45, 2.75) is 51.1 Å². The number of hydrogen-bond acceptors (Lipinski definition) is 3. The summed E-state index contributed by atoms with van der Waals surface area (Å²) >= 11 is 0. The van der Waals surface area contributed by atoms with E-state index < -0.39 is 0 Å². The molecule has 1 atom stereocenters. The second-order valence-corrected chi connectivity index (χ2v) is 8.71. The summed E-state index contributed by atoms with van der Waals surface area (Å²) in [6, 6.07) is 10.6. The normalized spacial score (nSPS) is 23.6. The number of benzene rings is 1. The molecule has 2 aliphatic heterocycles. The molecule has 1 aromatic carbocycles. The Morgan fingerprint density at radius 2 is 1.96 bits per heavy atom. The van der Waals surface area contributed by atoms with Gasteiger partial charge in [0.2, 0.25) is 5.91 Å². The monoisotopic (exact) mass is 366 g/mol. The first kappa shape index (κ1) is 18.2. The van der Waals surface area contributed by atoms with Crippen molar-refractivity contribution in [2.24, 2.45) is 5.92 Å². The maximum atomic E-state index is 13.2. The van der Waals surface area contributed by atoms with Crippen molar-refractivity contribution >= 4 is 5.91 Å². The number of amides is 1. The SMILES string of the molecule is CC1(C)CC(C(=O)N2CCC(c3cn[nH]c3)CC2)CN1Cc1ccccc1. The van der Waals surface area contributed by atoms with Crippen LogP contribution in [0, 0.1) is 5.92 Å². The van der Waals surface area contributed by atoms with Crippen LogP contribution in [0.5, 0.6) is 0 Å². The van der Waals surface area contributed by atoms with Gasteiger partial charge in [-0.2, -0.15) is 5.10 Å². The lowest BCUT2D eigenvalue weighted by Gasteiger charge is -2.33. The van der Waals surface area contributed by atoms with E-state index in [1.807, 2.05) is 12.4 Å². The van der Waals surface area contributed by atoms with E-state index in [9.17, 15) is 4.79 Å². The molecule has 0 spiro atoms. The van der Waals surface area contributed by atoms with Crippen molar-refractivity contribution < 1.29 is 4.79 Å². The van der Waals surface area contributed by atoms with Crippen LogP contribution in [-0.4, -0.2) is 51.1 Å². The van der Waals surface area contributed by atoms with Gasteiger partial charge < -0.3 is 4.90 Å². The Bertz CT molecular complexity index is 748. The third-order valence-corrected chi connectivity index (χ3v) is 6.41. The highest BCUT2D eigenvalue weighted by atomic mass is 16.2. The quantitative estimate of drug-likeness (QED) is 0.902. The molecule has 144 valence electrons. The third-order valence-electron chi connectivity index (χ3n) is 6.41. The Balaban J connectivity index is 1.35. The van der Waals surface area contributed by atoms with E-state index in [0.29, 0.717) is 11.8 Å². The van der Waals surface area contributed by atoms with Crippen molar-refractivity contribution in [2.75, 3.05) is 19.6 Å². The summed E-state index contributed by atoms with van der Waals surface area (Å²) in [7, 11) is 0. The fourth-order valence-electron chi connectivity index (χ4n) is 4.73. The molecule has 1 unspecified atom stereocenters. The standard InChI is InChI=1S/C22H30N4O/c1-22(2)12-19(16-26(22)15-17-6-4-3-5-7-17)21(27)25-10-8-18(9-11-25)20-13-23-24-14-20/h3-7,13-14,18-19H,8-12,15-16H2,1-2H3,(H,23,24). The van der Waals surface area contributed by atoms with Gasteiger partial charge in [-0.05, 0) is 50.2 Å². The van der Waals surface area contributed by atoms with Crippen molar-refractivity contribution in [3.05, 3.63) is 53.9 Å². The molecule has 5 nitrogen and oxygen atoms in total. The molecule has 2 saturated heterocycles. The second-order valence-electron chi connectivity index (χ2n) is 8.71. The molecule has 5 heteroatoms. The highest BCUT2D eigenvalue weighted by Gasteiger charge is 2.43. The van der Waals surface area contributed by atoms with Crippen LogP contribution in [0.1, 0.15) is 50.2 Å². The van der Waals surface area contributed by atoms with Crippen molar-refractivity contribution in [3.63, 3.8) is 0 Å². The van der Waals surface area contributed by atoms with Gasteiger partial charge in [0.25, 0.3) is 0 Å². The summed E-state index contributed by atoms with van der Waals surface area (Å²) < 4.78 is 0. The van der Waals surface area contributed by atoms with Crippen LogP contribution in [0.4, 0.5) is 0 Å². The highest BCUT2D eigenvalue weighted by Crippen LogP contribution is 2.36. The number of nitrogens with one attached hydrogen (secondary N) is 1. The molecule has 3 heterocycles. The van der Waals surface area contributed by atoms with E-state index in [-0.39, 0.29) is 11.5 Å². The maximum absolute atomic E-state index is 13.2. The first-order valence-electron chi connectivity index (χ1n) is 10.1. The minimum atomic E-state index is 0.0608. The Morgan fingerprint density at radius 3 is 2.63 bits per heavy atom. The Morgan fingerprint density at radius 1 is 1.22 bits per heavy atom. The van der Waals surface area contributed by atoms with Gasteiger partial charge >= 0.3 is 0 Å². The van der Waals surface area contributed by atoms with Crippen molar-refractivity contribution in [3.8, 4) is 0 Å². The molecule has 2 aromatic rings. The zero-order valence-electron chi connectivity index (χ0n) is 16.4. The van der Waals surface area contributed by atoms with Crippen LogP contribution in [0.2, 0.25) is 0 Å². The molecule has 4 rings (SSSR count). The fraction of sp³-hybridized carbons (Fsp3) is 0.545. The molecule has 2 fully saturated rings. The zero-order valence-corrected chi connectivity index (χ0v) is 16.4. The van der Waals surface area contributed by atoms with Gasteiger partial charge in [-0.3, -0.25) is 14.8 Å². The number of nitrogens with zero attached hydrogens (tertiary/aromatic N) is 3. The smallest absolute Gasteiger partial charge is 0.227 e. The minimum Gasteiger partial charge on any atom is -0.342 e. The lowest BCUT2D eigenvalue weighted by Crippen LogP contribution is -2.42. The second kappa shape index (κ2) is 7.47. The van der Waals surface area contributed by atoms with Gasteiger partial charge in [-0.1, -0.05) is 30.3 Å². The molecule has 0 aliphatic carbocycles. The predicted octanol–water partition coefficient (Wildman–Crippen LogP) is 3.42. The molecular formula is C22H30N4O. The number of piperidine rings is 1. The minimum absolute atomic E-state index is 0.0608. The van der Waals surface area contributed by atoms with Gasteiger partial charge in [0, 0.05) is 37.9 Å². The van der Waals surface area contributed by atoms with Crippen molar-refractivity contribution in [1.82, 2.24) is 20.0 Å². The Kier molecular flexibility index (Phi) is 5.04. The molecule has 1 N–H and O–H groups in total. The van der Waals surface area contributed by atoms with Gasteiger partial charge in [-0.15, -0.1) is 0 Å². The molecule has 2 aliphatic rings. The van der Waals surface area contributed by atoms with Crippen LogP contribution in [-0.2, 0) is 11.3 Å². The van der Waals surface area contributed by atoms with Gasteiger partial charge in [0.15, 0.2) is 0 Å². The van der Waals surface area contributed by atoms with E-state index in [0.717, 1.165) is 45.4 Å². The number of rotatable bonds is 4. The molecule has 1 aromatic heterocycles. The summed E-state index contributed by atoms with van der Waals surface area (Å²) in [5.74, 6) is 1.00. The van der Waals surface area contributed by atoms with Crippen molar-refractivity contribution in [1.29, 1.82) is 0 Å². The number of H-pyrrole nitrogens is 1. The molecular weight excluding hydrogens is 336 g/mol. The average molecular weight is 367 g/mol. The molecule has 1 amide bonds. The molecule has 0 radical (unpaired) electrons. The number of carbonyl (C=O) groups excluding carboxylic acids is 1. The summed E-state index contributed by atoms with van der Waals surface area (Å²) in [5, 5.41) is 6.97. The summed E-state index contributed by atoms with van der Waals surface area (Å²) in [6.45, 7) is 8.06. The van der Waals surface area contributed by atoms with Crippen LogP contribution < -0.4 is 0 Å². The first-order chi connectivity index (χ1) is 13.0. The topological polar surface area (TPSA) is 52.2 Å². The molecule has 27 heavy (non-hydrogen) atoms. The predicted molar refractivity (Wildman–Crippen MR) is 106 cm³/mol. The van der Waals surface area contributed by atoms with Crippen LogP contribution in [0.25, 0.3) is 0 Å². The zero-order chi connectivity index (χ0) is 18.9. The lowest BCUT2D eigenvalue weighted by molar-refractivity contribution is -0.136. The van der Waals surface area contributed by atoms with Gasteiger partial charge in [0.1, 0.15) is 0 Å².